The molecule has 20 heavy (non-hydrogen) atoms. The van der Waals surface area contributed by atoms with Gasteiger partial charge in [0.1, 0.15) is 5.82 Å². The maximum Gasteiger partial charge on any atom is 0.224 e. The number of nitrogens with zero attached hydrogens (tertiary/aromatic N) is 1. The Morgan fingerprint density at radius 2 is 2.05 bits per heavy atom. The minimum absolute atomic E-state index is 0.0506. The lowest BCUT2D eigenvalue weighted by molar-refractivity contribution is -0.115. The lowest BCUT2D eigenvalue weighted by Gasteiger charge is -2.09. The number of anilines is 3. The first-order valence-corrected chi connectivity index (χ1v) is 6.82. The van der Waals surface area contributed by atoms with Crippen molar-refractivity contribution in [3.05, 3.63) is 46.6 Å². The molecule has 0 radical (unpaired) electrons. The molecule has 0 unspecified atom stereocenters. The molecule has 1 heterocycles. The van der Waals surface area contributed by atoms with Crippen LogP contribution in [0, 0.1) is 0 Å². The van der Waals surface area contributed by atoms with Crippen LogP contribution in [0.1, 0.15) is 13.3 Å². The lowest BCUT2D eigenvalue weighted by Crippen LogP contribution is -2.09. The van der Waals surface area contributed by atoms with Crippen molar-refractivity contribution in [1.82, 2.24) is 4.98 Å². The Morgan fingerprint density at radius 3 is 2.70 bits per heavy atom. The van der Waals surface area contributed by atoms with Gasteiger partial charge in [-0.3, -0.25) is 4.79 Å². The van der Waals surface area contributed by atoms with Gasteiger partial charge in [-0.15, -0.1) is 0 Å². The van der Waals surface area contributed by atoms with Crippen molar-refractivity contribution in [3.63, 3.8) is 0 Å². The Morgan fingerprint density at radius 1 is 1.25 bits per heavy atom. The fourth-order valence-electron chi connectivity index (χ4n) is 1.52. The van der Waals surface area contributed by atoms with Gasteiger partial charge in [0.05, 0.1) is 22.6 Å². The van der Waals surface area contributed by atoms with Crippen LogP contribution in [0.3, 0.4) is 0 Å². The molecule has 0 fully saturated rings. The standard InChI is InChI=1S/C14H13Cl2N3O/c1-2-14(20)18-10-4-6-13(17-8-10)19-12-7-9(15)3-5-11(12)16/h3-8H,2H2,1H3,(H,17,19)(H,18,20). The number of rotatable bonds is 4. The van der Waals surface area contributed by atoms with Gasteiger partial charge in [0.25, 0.3) is 0 Å². The Balaban J connectivity index is 2.10. The van der Waals surface area contributed by atoms with Gasteiger partial charge >= 0.3 is 0 Å². The Bertz CT molecular complexity index is 614. The Kier molecular flexibility index (Phi) is 4.82. The van der Waals surface area contributed by atoms with E-state index < -0.39 is 0 Å². The summed E-state index contributed by atoms with van der Waals surface area (Å²) in [6.45, 7) is 1.79. The second-order valence-corrected chi connectivity index (χ2v) is 4.93. The van der Waals surface area contributed by atoms with Crippen LogP contribution in [0.2, 0.25) is 10.0 Å². The van der Waals surface area contributed by atoms with E-state index in [4.69, 9.17) is 23.2 Å². The first-order chi connectivity index (χ1) is 9.58. The van der Waals surface area contributed by atoms with E-state index in [0.717, 1.165) is 0 Å². The second-order valence-electron chi connectivity index (χ2n) is 4.08. The molecule has 4 nitrogen and oxygen atoms in total. The largest absolute Gasteiger partial charge is 0.339 e. The minimum atomic E-state index is -0.0506. The maximum atomic E-state index is 11.3. The summed E-state index contributed by atoms with van der Waals surface area (Å²) in [5.74, 6) is 0.564. The van der Waals surface area contributed by atoms with E-state index in [9.17, 15) is 4.79 Å². The van der Waals surface area contributed by atoms with E-state index in [1.165, 1.54) is 0 Å². The molecule has 0 aliphatic carbocycles. The number of halogens is 2. The van der Waals surface area contributed by atoms with Crippen molar-refractivity contribution in [2.24, 2.45) is 0 Å². The highest BCUT2D eigenvalue weighted by Gasteiger charge is 2.04. The number of pyridine rings is 1. The van der Waals surface area contributed by atoms with E-state index in [-0.39, 0.29) is 5.91 Å². The van der Waals surface area contributed by atoms with Gasteiger partial charge in [-0.1, -0.05) is 30.1 Å². The summed E-state index contributed by atoms with van der Waals surface area (Å²) in [5, 5.41) is 6.94. The molecular weight excluding hydrogens is 297 g/mol. The summed E-state index contributed by atoms with van der Waals surface area (Å²) in [6, 6.07) is 8.66. The Hall–Kier alpha value is -1.78. The third-order valence-corrected chi connectivity index (χ3v) is 3.12. The summed E-state index contributed by atoms with van der Waals surface area (Å²) < 4.78 is 0. The van der Waals surface area contributed by atoms with Gasteiger partial charge in [0.15, 0.2) is 0 Å². The average Bonchev–Trinajstić information content (AvgIpc) is 2.45. The third-order valence-electron chi connectivity index (χ3n) is 2.56. The molecule has 2 aromatic rings. The van der Waals surface area contributed by atoms with Crippen LogP contribution in [0.5, 0.6) is 0 Å². The minimum Gasteiger partial charge on any atom is -0.339 e. The number of hydrogen-bond acceptors (Lipinski definition) is 3. The van der Waals surface area contributed by atoms with Crippen LogP contribution >= 0.6 is 23.2 Å². The second kappa shape index (κ2) is 6.59. The van der Waals surface area contributed by atoms with Gasteiger partial charge in [0, 0.05) is 11.4 Å². The summed E-state index contributed by atoms with van der Waals surface area (Å²) in [7, 11) is 0. The van der Waals surface area contributed by atoms with Crippen molar-refractivity contribution < 1.29 is 4.79 Å². The molecule has 104 valence electrons. The van der Waals surface area contributed by atoms with Crippen molar-refractivity contribution in [3.8, 4) is 0 Å². The Labute approximate surface area is 127 Å². The summed E-state index contributed by atoms with van der Waals surface area (Å²) >= 11 is 12.0. The number of amides is 1. The predicted octanol–water partition coefficient (Wildman–Crippen LogP) is 4.48. The van der Waals surface area contributed by atoms with Crippen molar-refractivity contribution in [2.75, 3.05) is 10.6 Å². The molecule has 0 aliphatic rings. The molecule has 1 aromatic carbocycles. The molecule has 6 heteroatoms. The SMILES string of the molecule is CCC(=O)Nc1ccc(Nc2cc(Cl)ccc2Cl)nc1. The van der Waals surface area contributed by atoms with Crippen LogP contribution in [0.15, 0.2) is 36.5 Å². The molecule has 0 saturated carbocycles. The van der Waals surface area contributed by atoms with Crippen LogP contribution in [-0.2, 0) is 4.79 Å². The van der Waals surface area contributed by atoms with Crippen LogP contribution in [0.25, 0.3) is 0 Å². The van der Waals surface area contributed by atoms with E-state index in [2.05, 4.69) is 15.6 Å². The van der Waals surface area contributed by atoms with Crippen molar-refractivity contribution in [1.29, 1.82) is 0 Å². The van der Waals surface area contributed by atoms with Crippen LogP contribution in [0.4, 0.5) is 17.2 Å². The molecule has 0 atom stereocenters. The first-order valence-electron chi connectivity index (χ1n) is 6.06. The molecule has 2 N–H and O–H groups in total. The summed E-state index contributed by atoms with van der Waals surface area (Å²) in [5.41, 5.74) is 1.33. The molecule has 2 rings (SSSR count). The normalized spacial score (nSPS) is 10.2. The number of benzene rings is 1. The number of nitrogens with one attached hydrogen (secondary N) is 2. The molecular formula is C14H13Cl2N3O. The zero-order chi connectivity index (χ0) is 14.5. The molecule has 0 aliphatic heterocycles. The number of aromatic nitrogens is 1. The third kappa shape index (κ3) is 3.85. The lowest BCUT2D eigenvalue weighted by atomic mass is 10.3. The van der Waals surface area contributed by atoms with Crippen LogP contribution in [-0.4, -0.2) is 10.9 Å². The van der Waals surface area contributed by atoms with Gasteiger partial charge in [-0.2, -0.15) is 0 Å². The summed E-state index contributed by atoms with van der Waals surface area (Å²) in [6.07, 6.45) is 2.01. The fourth-order valence-corrected chi connectivity index (χ4v) is 1.86. The molecule has 0 bridgehead atoms. The van der Waals surface area contributed by atoms with Gasteiger partial charge in [-0.05, 0) is 30.3 Å². The highest BCUT2D eigenvalue weighted by Crippen LogP contribution is 2.27. The van der Waals surface area contributed by atoms with E-state index in [1.807, 2.05) is 0 Å². The van der Waals surface area contributed by atoms with Gasteiger partial charge in [0.2, 0.25) is 5.91 Å². The highest BCUT2D eigenvalue weighted by atomic mass is 35.5. The highest BCUT2D eigenvalue weighted by molar-refractivity contribution is 6.35. The fraction of sp³-hybridized carbons (Fsp3) is 0.143. The topological polar surface area (TPSA) is 54.0 Å². The van der Waals surface area contributed by atoms with Gasteiger partial charge in [-0.25, -0.2) is 4.98 Å². The maximum absolute atomic E-state index is 11.3. The monoisotopic (exact) mass is 309 g/mol. The molecule has 0 spiro atoms. The quantitative estimate of drug-likeness (QED) is 0.875. The smallest absolute Gasteiger partial charge is 0.224 e. The predicted molar refractivity (Wildman–Crippen MR) is 82.9 cm³/mol. The van der Waals surface area contributed by atoms with Crippen LogP contribution < -0.4 is 10.6 Å². The van der Waals surface area contributed by atoms with E-state index in [1.54, 1.807) is 43.5 Å². The number of carbonyl (C=O) groups is 1. The number of carbonyl (C=O) groups excluding carboxylic acids is 1. The zero-order valence-corrected chi connectivity index (χ0v) is 12.3. The first kappa shape index (κ1) is 14.6. The van der Waals surface area contributed by atoms with Crippen molar-refractivity contribution >= 4 is 46.3 Å². The zero-order valence-electron chi connectivity index (χ0n) is 10.8. The molecule has 0 saturated heterocycles. The molecule has 1 aromatic heterocycles. The number of hydrogen-bond donors (Lipinski definition) is 2. The average molecular weight is 310 g/mol. The summed E-state index contributed by atoms with van der Waals surface area (Å²) in [4.78, 5) is 15.5. The van der Waals surface area contributed by atoms with Crippen molar-refractivity contribution in [2.45, 2.75) is 13.3 Å². The van der Waals surface area contributed by atoms with Gasteiger partial charge < -0.3 is 10.6 Å². The van der Waals surface area contributed by atoms with E-state index >= 15 is 0 Å². The molecule has 1 amide bonds. The van der Waals surface area contributed by atoms with E-state index in [0.29, 0.717) is 33.7 Å².